The zero-order valence-electron chi connectivity index (χ0n) is 38.7. The second kappa shape index (κ2) is 21.7. The Morgan fingerprint density at radius 2 is 0.658 bits per heavy atom. The van der Waals surface area contributed by atoms with Gasteiger partial charge in [0.2, 0.25) is 5.78 Å². The van der Waals surface area contributed by atoms with Crippen LogP contribution in [-0.4, -0.2) is 23.9 Å². The van der Waals surface area contributed by atoms with Crippen molar-refractivity contribution in [3.63, 3.8) is 0 Å². The summed E-state index contributed by atoms with van der Waals surface area (Å²) in [6.07, 6.45) is -53.3. The standard InChI is InChI=1S/C32H12BF24.C18H14NO2S/c34-25(35,36)13-1-14(26(37,38)39)6-21(5-13)33(22-7-15(27(40,41)42)2-16(8-22)28(43,44)45,23-9-17(29(46,47)48)3-18(10-23)30(49,50)51)24-11-19(31(52,53)54)4-20(12-24)32(55,56)57;1-22(21,12-11-15-5-3-2-4-6-15)14-18(20)17-9-7-16(13-19)8-10-17/h1-12H;2-10H,14H2,1H3/q-1;+1. The largest absolute Gasteiger partial charge is 0.416 e. The second-order valence-corrected chi connectivity index (χ2v) is 19.6. The first kappa shape index (κ1) is 62.4. The van der Waals surface area contributed by atoms with Crippen molar-refractivity contribution in [2.24, 2.45) is 0 Å². The summed E-state index contributed by atoms with van der Waals surface area (Å²) >= 11 is 0. The maximum atomic E-state index is 14.2. The maximum absolute atomic E-state index is 14.2. The minimum Gasteiger partial charge on any atom is -0.289 e. The lowest BCUT2D eigenvalue weighted by Crippen LogP contribution is -2.75. The van der Waals surface area contributed by atoms with Crippen molar-refractivity contribution in [1.82, 2.24) is 0 Å². The van der Waals surface area contributed by atoms with E-state index in [1.807, 2.05) is 36.4 Å². The third kappa shape index (κ3) is 15.2. The van der Waals surface area contributed by atoms with E-state index in [1.54, 1.807) is 24.3 Å². The molecule has 0 radical (unpaired) electrons. The predicted octanol–water partition coefficient (Wildman–Crippen LogP) is 14.1. The molecule has 6 aromatic carbocycles. The molecule has 0 aliphatic carbocycles. The van der Waals surface area contributed by atoms with Gasteiger partial charge in [0.25, 0.3) is 0 Å². The van der Waals surface area contributed by atoms with Crippen molar-refractivity contribution in [1.29, 1.82) is 5.26 Å². The van der Waals surface area contributed by atoms with E-state index >= 15 is 0 Å². The van der Waals surface area contributed by atoms with Crippen LogP contribution in [0.4, 0.5) is 105 Å². The van der Waals surface area contributed by atoms with E-state index < -0.39 is 205 Å². The summed E-state index contributed by atoms with van der Waals surface area (Å²) in [5, 5.41) is 11.4. The lowest BCUT2D eigenvalue weighted by molar-refractivity contribution is -0.144. The zero-order valence-corrected chi connectivity index (χ0v) is 39.5. The van der Waals surface area contributed by atoms with E-state index in [1.165, 1.54) is 6.26 Å². The van der Waals surface area contributed by atoms with E-state index in [0.29, 0.717) is 11.1 Å². The summed E-state index contributed by atoms with van der Waals surface area (Å²) in [5.41, 5.74) is -28.5. The molecule has 0 spiro atoms. The van der Waals surface area contributed by atoms with Gasteiger partial charge in [0, 0.05) is 11.1 Å². The van der Waals surface area contributed by atoms with Crippen LogP contribution >= 0.6 is 0 Å². The normalized spacial score (nSPS) is 13.8. The maximum Gasteiger partial charge on any atom is 0.416 e. The zero-order chi connectivity index (χ0) is 59.9. The molecule has 3 nitrogen and oxygen atoms in total. The smallest absolute Gasteiger partial charge is 0.289 e. The molecule has 0 bridgehead atoms. The number of rotatable bonds is 7. The summed E-state index contributed by atoms with van der Waals surface area (Å²) in [6.45, 7) is 0. The fourth-order valence-corrected chi connectivity index (χ4v) is 8.93. The van der Waals surface area contributed by atoms with Crippen molar-refractivity contribution < 1.29 is 114 Å². The van der Waals surface area contributed by atoms with Gasteiger partial charge in [0.15, 0.2) is 20.9 Å². The summed E-state index contributed by atoms with van der Waals surface area (Å²) in [6, 6.07) is 8.69. The van der Waals surface area contributed by atoms with Crippen LogP contribution in [-0.2, 0) is 63.6 Å². The van der Waals surface area contributed by atoms with Gasteiger partial charge in [-0.1, -0.05) is 70.9 Å². The number of hydrogen-bond acceptors (Lipinski definition) is 3. The first-order chi connectivity index (χ1) is 35.8. The SMILES string of the molecule is C[S+](=O)(C#Cc1ccccc1)CC(=O)c1ccc(C#N)cc1.FC(F)(F)c1cc([B-](c2cc(C(F)(F)F)cc(C(F)(F)F)c2)(c2cc(C(F)(F)F)cc(C(F)(F)F)c2)c2cc(C(F)(F)F)cc(C(F)(F)F)c2)cc(C(F)(F)F)c1. The quantitative estimate of drug-likeness (QED) is 0.0526. The number of alkyl halides is 24. The van der Waals surface area contributed by atoms with Gasteiger partial charge in [0.1, 0.15) is 12.4 Å². The number of hydrogen-bond donors (Lipinski definition) is 0. The molecule has 0 saturated carbocycles. The molecule has 6 aromatic rings. The van der Waals surface area contributed by atoms with E-state index in [0.717, 1.165) is 5.56 Å². The van der Waals surface area contributed by atoms with Crippen LogP contribution in [0.15, 0.2) is 127 Å². The first-order valence-corrected chi connectivity index (χ1v) is 23.3. The van der Waals surface area contributed by atoms with Crippen molar-refractivity contribution >= 4 is 43.7 Å². The number of carbonyl (C=O) groups excluding carboxylic acids is 1. The Balaban J connectivity index is 0.000000433. The van der Waals surface area contributed by atoms with Crippen LogP contribution in [0.3, 0.4) is 0 Å². The number of nitrogens with zero attached hydrogens (tertiary/aromatic N) is 1. The Bertz CT molecular complexity index is 2950. The van der Waals surface area contributed by atoms with Gasteiger partial charge in [-0.25, -0.2) is 0 Å². The molecule has 79 heavy (non-hydrogen) atoms. The molecule has 0 aliphatic heterocycles. The van der Waals surface area contributed by atoms with Crippen molar-refractivity contribution in [2.45, 2.75) is 49.4 Å². The average molecular weight is 1170 g/mol. The Kier molecular flexibility index (Phi) is 17.1. The molecular weight excluding hydrogens is 1150 g/mol. The van der Waals surface area contributed by atoms with Gasteiger partial charge in [-0.15, -0.1) is 0 Å². The van der Waals surface area contributed by atoms with Crippen molar-refractivity contribution in [2.75, 3.05) is 12.0 Å². The number of nitriles is 1. The molecular formula is C50H26BF24NO2S. The molecule has 0 fully saturated rings. The van der Waals surface area contributed by atoms with E-state index in [4.69, 9.17) is 5.26 Å². The van der Waals surface area contributed by atoms with Crippen LogP contribution < -0.4 is 21.9 Å². The highest BCUT2D eigenvalue weighted by Crippen LogP contribution is 2.41. The molecule has 0 aliphatic rings. The number of halogens is 24. The van der Waals surface area contributed by atoms with Crippen LogP contribution in [0.2, 0.25) is 0 Å². The fraction of sp³-hybridized carbons (Fsp3) is 0.200. The monoisotopic (exact) mass is 1170 g/mol. The summed E-state index contributed by atoms with van der Waals surface area (Å²) < 4.78 is 353. The third-order valence-electron chi connectivity index (χ3n) is 11.4. The predicted molar refractivity (Wildman–Crippen MR) is 238 cm³/mol. The van der Waals surface area contributed by atoms with Crippen LogP contribution in [0.5, 0.6) is 0 Å². The Morgan fingerprint density at radius 3 is 0.886 bits per heavy atom. The third-order valence-corrected chi connectivity index (χ3v) is 12.7. The molecule has 0 saturated heterocycles. The number of Topliss-reactive ketones (excluding diaryl/α,β-unsaturated/α-hetero) is 1. The van der Waals surface area contributed by atoms with E-state index in [2.05, 4.69) is 11.2 Å². The molecule has 1 atom stereocenters. The van der Waals surface area contributed by atoms with Gasteiger partial charge in [0.05, 0.1) is 56.1 Å². The van der Waals surface area contributed by atoms with Gasteiger partial charge >= 0.3 is 49.4 Å². The first-order valence-electron chi connectivity index (χ1n) is 21.2. The van der Waals surface area contributed by atoms with Gasteiger partial charge in [-0.3, -0.25) is 4.79 Å². The van der Waals surface area contributed by atoms with Gasteiger partial charge in [-0.05, 0) is 66.6 Å². The van der Waals surface area contributed by atoms with Crippen molar-refractivity contribution in [3.05, 3.63) is 189 Å². The Morgan fingerprint density at radius 1 is 0.405 bits per heavy atom. The number of benzene rings is 6. The highest BCUT2D eigenvalue weighted by molar-refractivity contribution is 8.07. The second-order valence-electron chi connectivity index (χ2n) is 17.1. The minimum atomic E-state index is -6.13. The highest BCUT2D eigenvalue weighted by Gasteiger charge is 2.47. The lowest BCUT2D eigenvalue weighted by atomic mass is 9.12. The van der Waals surface area contributed by atoms with Crippen LogP contribution in [0.25, 0.3) is 0 Å². The van der Waals surface area contributed by atoms with E-state index in [9.17, 15) is 114 Å². The summed E-state index contributed by atoms with van der Waals surface area (Å²) in [4.78, 5) is 12.1. The molecule has 0 N–H and O–H groups in total. The molecule has 0 amide bonds. The fourth-order valence-electron chi connectivity index (χ4n) is 7.86. The van der Waals surface area contributed by atoms with Gasteiger partial charge in [-0.2, -0.15) is 132 Å². The summed E-state index contributed by atoms with van der Waals surface area (Å²) in [7, 11) is -2.57. The topological polar surface area (TPSA) is 57.9 Å². The van der Waals surface area contributed by atoms with Gasteiger partial charge < -0.3 is 0 Å². The van der Waals surface area contributed by atoms with Crippen LogP contribution in [0.1, 0.15) is 66.0 Å². The number of carbonyl (C=O) groups is 1. The van der Waals surface area contributed by atoms with Crippen LogP contribution in [0, 0.1) is 22.5 Å². The lowest BCUT2D eigenvalue weighted by Gasteiger charge is -2.46. The van der Waals surface area contributed by atoms with E-state index in [-0.39, 0.29) is 11.5 Å². The number of ketones is 1. The Labute approximate surface area is 429 Å². The molecule has 420 valence electrons. The molecule has 29 heteroatoms. The highest BCUT2D eigenvalue weighted by atomic mass is 32.2. The molecule has 0 aromatic heterocycles. The minimum absolute atomic E-state index is 0.126. The summed E-state index contributed by atoms with van der Waals surface area (Å²) in [5.74, 6) is 2.48. The molecule has 1 unspecified atom stereocenters. The molecule has 0 heterocycles. The molecule has 6 rings (SSSR count). The average Bonchev–Trinajstić information content (AvgIpc) is 3.47. The van der Waals surface area contributed by atoms with Crippen molar-refractivity contribution in [3.8, 4) is 17.2 Å². The Hall–Kier alpha value is -7.43.